The van der Waals surface area contributed by atoms with Crippen molar-refractivity contribution in [2.75, 3.05) is 71.6 Å². The molecule has 0 unspecified atom stereocenters. The predicted molar refractivity (Wildman–Crippen MR) is 130 cm³/mol. The first-order valence-corrected chi connectivity index (χ1v) is 11.8. The normalized spacial score (nSPS) is 16.3. The molecular formula is C25H32FN5O4. The molecule has 1 saturated heterocycles. The van der Waals surface area contributed by atoms with Crippen LogP contribution in [0.4, 0.5) is 10.1 Å². The van der Waals surface area contributed by atoms with Crippen LogP contribution in [0.15, 0.2) is 42.5 Å². The number of nitrogens with one attached hydrogen (secondary N) is 2. The van der Waals surface area contributed by atoms with Crippen LogP contribution in [0.1, 0.15) is 11.6 Å². The number of anilines is 1. The Hall–Kier alpha value is -3.37. The molecule has 0 spiro atoms. The number of para-hydroxylation sites is 1. The number of halogens is 1. The van der Waals surface area contributed by atoms with Gasteiger partial charge in [-0.15, -0.1) is 0 Å². The number of hydrogen-bond donors (Lipinski definition) is 2. The van der Waals surface area contributed by atoms with Gasteiger partial charge in [0.15, 0.2) is 11.5 Å². The maximum absolute atomic E-state index is 14.3. The maximum Gasteiger partial charge on any atom is 0.309 e. The van der Waals surface area contributed by atoms with E-state index in [4.69, 9.17) is 9.47 Å². The molecule has 2 aromatic rings. The fourth-order valence-corrected chi connectivity index (χ4v) is 4.30. The first kappa shape index (κ1) is 24.7. The Morgan fingerprint density at radius 1 is 1.00 bits per heavy atom. The van der Waals surface area contributed by atoms with Gasteiger partial charge < -0.3 is 29.9 Å². The Balaban J connectivity index is 1.43. The fourth-order valence-electron chi connectivity index (χ4n) is 4.30. The molecule has 2 N–H and O–H groups in total. The number of carbonyl (C=O) groups excluding carboxylic acids is 2. The molecule has 2 heterocycles. The van der Waals surface area contributed by atoms with Crippen LogP contribution < -0.4 is 25.0 Å². The molecular weight excluding hydrogens is 453 g/mol. The largest absolute Gasteiger partial charge is 0.454 e. The number of hydrogen-bond acceptors (Lipinski definition) is 7. The van der Waals surface area contributed by atoms with Gasteiger partial charge in [0, 0.05) is 45.8 Å². The number of likely N-dealkylation sites (N-methyl/N-ethyl adjacent to an activating group) is 1. The molecule has 2 aliphatic heterocycles. The summed E-state index contributed by atoms with van der Waals surface area (Å²) in [4.78, 5) is 30.8. The van der Waals surface area contributed by atoms with Gasteiger partial charge in [-0.3, -0.25) is 14.5 Å². The summed E-state index contributed by atoms with van der Waals surface area (Å²) in [7, 11) is 3.79. The minimum absolute atomic E-state index is 0.175. The summed E-state index contributed by atoms with van der Waals surface area (Å²) in [6.07, 6.45) is 0. The number of fused-ring (bicyclic) bond motifs is 1. The number of rotatable bonds is 8. The molecule has 9 nitrogen and oxygen atoms in total. The van der Waals surface area contributed by atoms with Gasteiger partial charge in [0.05, 0.1) is 11.7 Å². The van der Waals surface area contributed by atoms with Gasteiger partial charge in [0.2, 0.25) is 6.79 Å². The van der Waals surface area contributed by atoms with Crippen LogP contribution in [0, 0.1) is 5.82 Å². The van der Waals surface area contributed by atoms with E-state index in [9.17, 15) is 14.0 Å². The third-order valence-electron chi connectivity index (χ3n) is 6.24. The molecule has 2 amide bonds. The summed E-state index contributed by atoms with van der Waals surface area (Å²) < 4.78 is 25.2. The monoisotopic (exact) mass is 485 g/mol. The zero-order valence-electron chi connectivity index (χ0n) is 20.1. The van der Waals surface area contributed by atoms with Crippen LogP contribution in [0.25, 0.3) is 0 Å². The lowest BCUT2D eigenvalue weighted by Crippen LogP contribution is -2.51. The van der Waals surface area contributed by atoms with Crippen LogP contribution >= 0.6 is 0 Å². The van der Waals surface area contributed by atoms with Crippen molar-refractivity contribution in [1.29, 1.82) is 0 Å². The molecule has 1 atom stereocenters. The molecule has 0 radical (unpaired) electrons. The van der Waals surface area contributed by atoms with Crippen molar-refractivity contribution < 1.29 is 23.5 Å². The highest BCUT2D eigenvalue weighted by molar-refractivity contribution is 6.35. The molecule has 0 saturated carbocycles. The SMILES string of the molecule is CN(C)CCNC(=O)C(=O)NC[C@H](c1ccc2c(c1)OCO2)N1CCN(c2ccccc2F)CC1. The Morgan fingerprint density at radius 3 is 2.46 bits per heavy atom. The van der Waals surface area contributed by atoms with Crippen LogP contribution in [0.5, 0.6) is 11.5 Å². The van der Waals surface area contributed by atoms with Crippen molar-refractivity contribution in [1.82, 2.24) is 20.4 Å². The topological polar surface area (TPSA) is 86.4 Å². The van der Waals surface area contributed by atoms with Crippen molar-refractivity contribution in [3.63, 3.8) is 0 Å². The van der Waals surface area contributed by atoms with E-state index in [2.05, 4.69) is 15.5 Å². The van der Waals surface area contributed by atoms with Gasteiger partial charge >= 0.3 is 11.8 Å². The summed E-state index contributed by atoms with van der Waals surface area (Å²) >= 11 is 0. The van der Waals surface area contributed by atoms with E-state index in [1.165, 1.54) is 6.07 Å². The molecule has 188 valence electrons. The van der Waals surface area contributed by atoms with Crippen LogP contribution in [0.3, 0.4) is 0 Å². The first-order valence-electron chi connectivity index (χ1n) is 11.8. The lowest BCUT2D eigenvalue weighted by Gasteiger charge is -2.40. The van der Waals surface area contributed by atoms with Crippen LogP contribution in [-0.4, -0.2) is 88.3 Å². The third-order valence-corrected chi connectivity index (χ3v) is 6.24. The van der Waals surface area contributed by atoms with Gasteiger partial charge in [-0.1, -0.05) is 18.2 Å². The maximum atomic E-state index is 14.3. The van der Waals surface area contributed by atoms with Gasteiger partial charge in [-0.05, 0) is 43.9 Å². The quantitative estimate of drug-likeness (QED) is 0.544. The first-order chi connectivity index (χ1) is 16.9. The third kappa shape index (κ3) is 6.20. The Labute approximate surface area is 204 Å². The zero-order valence-corrected chi connectivity index (χ0v) is 20.1. The van der Waals surface area contributed by atoms with E-state index in [1.54, 1.807) is 12.1 Å². The second-order valence-corrected chi connectivity index (χ2v) is 8.87. The number of carbonyl (C=O) groups is 2. The number of ether oxygens (including phenoxy) is 2. The molecule has 0 aromatic heterocycles. The summed E-state index contributed by atoms with van der Waals surface area (Å²) in [5.41, 5.74) is 1.54. The van der Waals surface area contributed by atoms with Crippen molar-refractivity contribution in [3.05, 3.63) is 53.8 Å². The molecule has 10 heteroatoms. The number of amides is 2. The average Bonchev–Trinajstić information content (AvgIpc) is 3.32. The van der Waals surface area contributed by atoms with Gasteiger partial charge in [-0.2, -0.15) is 0 Å². The Morgan fingerprint density at radius 2 is 1.71 bits per heavy atom. The minimum atomic E-state index is -0.667. The lowest BCUT2D eigenvalue weighted by molar-refractivity contribution is -0.139. The average molecular weight is 486 g/mol. The molecule has 2 aliphatic rings. The van der Waals surface area contributed by atoms with E-state index in [1.807, 2.05) is 48.2 Å². The van der Waals surface area contributed by atoms with Crippen molar-refractivity contribution in [2.24, 2.45) is 0 Å². The van der Waals surface area contributed by atoms with Crippen molar-refractivity contribution in [3.8, 4) is 11.5 Å². The van der Waals surface area contributed by atoms with Crippen LogP contribution in [0.2, 0.25) is 0 Å². The Bertz CT molecular complexity index is 1040. The van der Waals surface area contributed by atoms with E-state index in [-0.39, 0.29) is 25.2 Å². The number of nitrogens with zero attached hydrogens (tertiary/aromatic N) is 3. The molecule has 1 fully saturated rings. The highest BCUT2D eigenvalue weighted by Crippen LogP contribution is 2.36. The highest BCUT2D eigenvalue weighted by atomic mass is 19.1. The van der Waals surface area contributed by atoms with E-state index < -0.39 is 11.8 Å². The lowest BCUT2D eigenvalue weighted by atomic mass is 10.0. The highest BCUT2D eigenvalue weighted by Gasteiger charge is 2.28. The smallest absolute Gasteiger partial charge is 0.309 e. The molecule has 35 heavy (non-hydrogen) atoms. The molecule has 4 rings (SSSR count). The summed E-state index contributed by atoms with van der Waals surface area (Å²) in [5.74, 6) is -0.215. The van der Waals surface area contributed by atoms with E-state index >= 15 is 0 Å². The summed E-state index contributed by atoms with van der Waals surface area (Å²) in [5, 5.41) is 5.42. The Kier molecular flexibility index (Phi) is 8.04. The predicted octanol–water partition coefficient (Wildman–Crippen LogP) is 1.21. The van der Waals surface area contributed by atoms with Crippen LogP contribution in [-0.2, 0) is 9.59 Å². The van der Waals surface area contributed by atoms with Gasteiger partial charge in [0.1, 0.15) is 5.82 Å². The van der Waals surface area contributed by atoms with Gasteiger partial charge in [0.25, 0.3) is 0 Å². The molecule has 0 bridgehead atoms. The number of piperazine rings is 1. The summed E-state index contributed by atoms with van der Waals surface area (Å²) in [6, 6.07) is 12.3. The second-order valence-electron chi connectivity index (χ2n) is 8.87. The zero-order chi connectivity index (χ0) is 24.8. The minimum Gasteiger partial charge on any atom is -0.454 e. The van der Waals surface area contributed by atoms with Gasteiger partial charge in [-0.25, -0.2) is 4.39 Å². The standard InChI is InChI=1S/C25H32FN5O4/c1-29(2)10-9-27-24(32)25(33)28-16-21(18-7-8-22-23(15-18)35-17-34-22)31-13-11-30(12-14-31)20-6-4-3-5-19(20)26/h3-8,15,21H,9-14,16-17H2,1-2H3,(H,27,32)(H,28,33)/t21-/m1/s1. The number of benzene rings is 2. The fraction of sp³-hybridized carbons (Fsp3) is 0.440. The second kappa shape index (κ2) is 11.4. The van der Waals surface area contributed by atoms with E-state index in [0.29, 0.717) is 56.5 Å². The molecule has 0 aliphatic carbocycles. The summed E-state index contributed by atoms with van der Waals surface area (Å²) in [6.45, 7) is 4.07. The van der Waals surface area contributed by atoms with E-state index in [0.717, 1.165) is 5.56 Å². The van der Waals surface area contributed by atoms with Crippen molar-refractivity contribution in [2.45, 2.75) is 6.04 Å². The van der Waals surface area contributed by atoms with Crippen molar-refractivity contribution >= 4 is 17.5 Å². The molecule has 2 aromatic carbocycles.